The number of carbonyl (C=O) groups is 1. The maximum Gasteiger partial charge on any atom is 0.223 e. The Labute approximate surface area is 147 Å². The fourth-order valence-corrected chi connectivity index (χ4v) is 2.87. The van der Waals surface area contributed by atoms with Crippen LogP contribution in [0.4, 0.5) is 5.82 Å². The van der Waals surface area contributed by atoms with Gasteiger partial charge in [0.2, 0.25) is 5.91 Å². The molecule has 0 aromatic carbocycles. The molecule has 0 unspecified atom stereocenters. The number of nitrogens with zero attached hydrogens (tertiary/aromatic N) is 1. The van der Waals surface area contributed by atoms with E-state index in [4.69, 9.17) is 23.2 Å². The van der Waals surface area contributed by atoms with Gasteiger partial charge in [-0.25, -0.2) is 4.98 Å². The molecule has 0 saturated carbocycles. The summed E-state index contributed by atoms with van der Waals surface area (Å²) in [6.45, 7) is 4.12. The predicted octanol–water partition coefficient (Wildman–Crippen LogP) is 2.73. The van der Waals surface area contributed by atoms with Crippen LogP contribution in [-0.4, -0.2) is 36.6 Å². The number of hydrogen-bond donors (Lipinski definition) is 3. The van der Waals surface area contributed by atoms with Crippen LogP contribution in [-0.2, 0) is 4.79 Å². The van der Waals surface area contributed by atoms with Crippen molar-refractivity contribution in [2.75, 3.05) is 25.0 Å². The van der Waals surface area contributed by atoms with Gasteiger partial charge >= 0.3 is 0 Å². The summed E-state index contributed by atoms with van der Waals surface area (Å²) in [5.74, 6) is 0.810. The summed E-state index contributed by atoms with van der Waals surface area (Å²) in [6, 6.07) is 2.04. The van der Waals surface area contributed by atoms with E-state index < -0.39 is 0 Å². The van der Waals surface area contributed by atoms with Crippen LogP contribution in [0.5, 0.6) is 0 Å². The highest BCUT2D eigenvalue weighted by Crippen LogP contribution is 2.22. The van der Waals surface area contributed by atoms with Crippen molar-refractivity contribution in [1.29, 1.82) is 0 Å². The van der Waals surface area contributed by atoms with E-state index in [2.05, 4.69) is 27.9 Å². The highest BCUT2D eigenvalue weighted by molar-refractivity contribution is 6.35. The van der Waals surface area contributed by atoms with Crippen molar-refractivity contribution in [2.24, 2.45) is 5.92 Å². The van der Waals surface area contributed by atoms with Crippen molar-refractivity contribution in [3.05, 3.63) is 22.3 Å². The summed E-state index contributed by atoms with van der Waals surface area (Å²) in [7, 11) is 0. The largest absolute Gasteiger partial charge is 0.367 e. The van der Waals surface area contributed by atoms with Crippen LogP contribution < -0.4 is 16.0 Å². The number of carbonyl (C=O) groups excluding carboxylic acids is 1. The van der Waals surface area contributed by atoms with E-state index in [0.29, 0.717) is 35.0 Å². The first kappa shape index (κ1) is 19.3. The first-order valence-electron chi connectivity index (χ1n) is 7.12. The molecule has 2 heterocycles. The van der Waals surface area contributed by atoms with Gasteiger partial charge in [0.1, 0.15) is 5.82 Å². The maximum absolute atomic E-state index is 12.0. The third-order valence-electron chi connectivity index (χ3n) is 3.52. The number of amides is 1. The summed E-state index contributed by atoms with van der Waals surface area (Å²) in [4.78, 5) is 16.1. The molecule has 0 aliphatic carbocycles. The smallest absolute Gasteiger partial charge is 0.223 e. The van der Waals surface area contributed by atoms with Crippen LogP contribution in [0.1, 0.15) is 19.8 Å². The molecule has 5 nitrogen and oxygen atoms in total. The molecule has 1 aromatic rings. The zero-order chi connectivity index (χ0) is 15.2. The minimum atomic E-state index is 0. The molecule has 0 bridgehead atoms. The van der Waals surface area contributed by atoms with E-state index in [0.717, 1.165) is 19.4 Å². The first-order valence-corrected chi connectivity index (χ1v) is 7.88. The molecule has 1 aromatic heterocycles. The number of halogens is 3. The number of aromatic nitrogens is 1. The molecule has 1 fully saturated rings. The van der Waals surface area contributed by atoms with Gasteiger partial charge in [0.05, 0.1) is 10.0 Å². The van der Waals surface area contributed by atoms with Gasteiger partial charge in [0.15, 0.2) is 0 Å². The minimum absolute atomic E-state index is 0. The van der Waals surface area contributed by atoms with Crippen molar-refractivity contribution in [2.45, 2.75) is 25.8 Å². The SMILES string of the molecule is C[C@H]1C[C@@H](C(=O)NCCNc2ncc(Cl)cc2Cl)CCN1.Cl. The van der Waals surface area contributed by atoms with Gasteiger partial charge in [0, 0.05) is 31.2 Å². The number of piperidine rings is 1. The molecular weight excluding hydrogens is 347 g/mol. The molecular formula is C14H21Cl3N4O. The van der Waals surface area contributed by atoms with E-state index in [1.54, 1.807) is 6.07 Å². The lowest BCUT2D eigenvalue weighted by molar-refractivity contribution is -0.125. The quantitative estimate of drug-likeness (QED) is 0.700. The van der Waals surface area contributed by atoms with Gasteiger partial charge in [-0.2, -0.15) is 0 Å². The van der Waals surface area contributed by atoms with E-state index >= 15 is 0 Å². The molecule has 1 aliphatic rings. The lowest BCUT2D eigenvalue weighted by Crippen LogP contribution is -2.43. The van der Waals surface area contributed by atoms with Crippen LogP contribution in [0.2, 0.25) is 10.0 Å². The van der Waals surface area contributed by atoms with Crippen molar-refractivity contribution in [1.82, 2.24) is 15.6 Å². The summed E-state index contributed by atoms with van der Waals surface area (Å²) >= 11 is 11.8. The second-order valence-corrected chi connectivity index (χ2v) is 6.12. The zero-order valence-electron chi connectivity index (χ0n) is 12.4. The first-order chi connectivity index (χ1) is 10.1. The second kappa shape index (κ2) is 9.40. The Morgan fingerprint density at radius 3 is 2.91 bits per heavy atom. The standard InChI is InChI=1S/C14H20Cl2N4O.ClH/c1-9-6-10(2-3-17-9)14(21)19-5-4-18-13-12(16)7-11(15)8-20-13;/h7-10,17H,2-6H2,1H3,(H,18,20)(H,19,21);1H/t9-,10-;/m0./s1. The zero-order valence-corrected chi connectivity index (χ0v) is 14.7. The summed E-state index contributed by atoms with van der Waals surface area (Å²) in [6.07, 6.45) is 3.32. The lowest BCUT2D eigenvalue weighted by Gasteiger charge is -2.27. The lowest BCUT2D eigenvalue weighted by atomic mass is 9.92. The Morgan fingerprint density at radius 2 is 2.23 bits per heavy atom. The maximum atomic E-state index is 12.0. The topological polar surface area (TPSA) is 66.0 Å². The second-order valence-electron chi connectivity index (χ2n) is 5.28. The third kappa shape index (κ3) is 5.80. The molecule has 2 rings (SSSR count). The summed E-state index contributed by atoms with van der Waals surface area (Å²) in [5, 5.41) is 10.3. The van der Waals surface area contributed by atoms with Crippen LogP contribution in [0.15, 0.2) is 12.3 Å². The molecule has 22 heavy (non-hydrogen) atoms. The average molecular weight is 368 g/mol. The number of hydrogen-bond acceptors (Lipinski definition) is 4. The monoisotopic (exact) mass is 366 g/mol. The van der Waals surface area contributed by atoms with Crippen molar-refractivity contribution < 1.29 is 4.79 Å². The van der Waals surface area contributed by atoms with Gasteiger partial charge in [-0.05, 0) is 32.4 Å². The van der Waals surface area contributed by atoms with E-state index in [9.17, 15) is 4.79 Å². The number of anilines is 1. The Hall–Kier alpha value is -0.750. The number of nitrogens with one attached hydrogen (secondary N) is 3. The van der Waals surface area contributed by atoms with Gasteiger partial charge in [0.25, 0.3) is 0 Å². The average Bonchev–Trinajstić information content (AvgIpc) is 2.45. The fraction of sp³-hybridized carbons (Fsp3) is 0.571. The van der Waals surface area contributed by atoms with Gasteiger partial charge < -0.3 is 16.0 Å². The Balaban J connectivity index is 0.00000242. The Bertz CT molecular complexity index is 501. The Kier molecular flexibility index (Phi) is 8.25. The molecule has 2 atom stereocenters. The van der Waals surface area contributed by atoms with Gasteiger partial charge in [-0.3, -0.25) is 4.79 Å². The van der Waals surface area contributed by atoms with Gasteiger partial charge in [-0.15, -0.1) is 12.4 Å². The van der Waals surface area contributed by atoms with E-state index in [1.807, 2.05) is 0 Å². The summed E-state index contributed by atoms with van der Waals surface area (Å²) in [5.41, 5.74) is 0. The van der Waals surface area contributed by atoms with E-state index in [-0.39, 0.29) is 24.2 Å². The molecule has 0 radical (unpaired) electrons. The fourth-order valence-electron chi connectivity index (χ4n) is 2.43. The summed E-state index contributed by atoms with van der Waals surface area (Å²) < 4.78 is 0. The van der Waals surface area contributed by atoms with Crippen LogP contribution >= 0.6 is 35.6 Å². The number of pyridine rings is 1. The van der Waals surface area contributed by atoms with Crippen LogP contribution in [0.25, 0.3) is 0 Å². The molecule has 0 spiro atoms. The van der Waals surface area contributed by atoms with Crippen molar-refractivity contribution >= 4 is 47.3 Å². The van der Waals surface area contributed by atoms with Gasteiger partial charge in [-0.1, -0.05) is 23.2 Å². The molecule has 124 valence electrons. The molecule has 3 N–H and O–H groups in total. The minimum Gasteiger partial charge on any atom is -0.367 e. The normalized spacial score (nSPS) is 20.9. The van der Waals surface area contributed by atoms with Crippen molar-refractivity contribution in [3.8, 4) is 0 Å². The Morgan fingerprint density at radius 1 is 1.45 bits per heavy atom. The molecule has 8 heteroatoms. The van der Waals surface area contributed by atoms with E-state index in [1.165, 1.54) is 6.20 Å². The number of rotatable bonds is 5. The molecule has 1 amide bonds. The highest BCUT2D eigenvalue weighted by Gasteiger charge is 2.24. The predicted molar refractivity (Wildman–Crippen MR) is 93.2 cm³/mol. The van der Waals surface area contributed by atoms with Crippen molar-refractivity contribution in [3.63, 3.8) is 0 Å². The van der Waals surface area contributed by atoms with Crippen LogP contribution in [0.3, 0.4) is 0 Å². The third-order valence-corrected chi connectivity index (χ3v) is 4.01. The van der Waals surface area contributed by atoms with Crippen LogP contribution in [0, 0.1) is 5.92 Å². The highest BCUT2D eigenvalue weighted by atomic mass is 35.5. The molecule has 1 aliphatic heterocycles. The molecule has 1 saturated heterocycles.